The molecule has 0 aromatic carbocycles. The van der Waals surface area contributed by atoms with E-state index in [0.29, 0.717) is 0 Å². The minimum absolute atomic E-state index is 0. The molecule has 139 heavy (non-hydrogen) atoms. The zero-order valence-electron chi connectivity index (χ0n) is 94.6. The summed E-state index contributed by atoms with van der Waals surface area (Å²) in [5.41, 5.74) is 0. The van der Waals surface area contributed by atoms with Gasteiger partial charge in [0.25, 0.3) is 0 Å². The Morgan fingerprint density at radius 2 is 0.288 bits per heavy atom. The third-order valence-corrected chi connectivity index (χ3v) is 42.7. The smallest absolute Gasteiger partial charge is 0 e. The average molecular weight is 1940 g/mol. The van der Waals surface area contributed by atoms with E-state index in [2.05, 4.69) is 212 Å². The van der Waals surface area contributed by atoms with Crippen molar-refractivity contribution in [1.82, 2.24) is 0 Å². The first kappa shape index (κ1) is 119. The zero-order valence-corrected chi connectivity index (χ0v) is 94.6. The summed E-state index contributed by atoms with van der Waals surface area (Å²) in [4.78, 5) is 0. The summed E-state index contributed by atoms with van der Waals surface area (Å²) in [6.07, 6.45) is 147. The first-order valence-electron chi connectivity index (χ1n) is 63.4. The van der Waals surface area contributed by atoms with E-state index in [1.807, 2.05) is 0 Å². The number of hydrogen-bond donors (Lipinski definition) is 0. The minimum Gasteiger partial charge on any atom is -0.103 e. The number of hydrogen-bond acceptors (Lipinski definition) is 0. The predicted octanol–water partition coefficient (Wildman–Crippen LogP) is 48.9. The molecule has 0 N–H and O–H groups in total. The molecule has 0 saturated heterocycles. The van der Waals surface area contributed by atoms with Crippen LogP contribution in [0.4, 0.5) is 0 Å². The van der Waals surface area contributed by atoms with Crippen LogP contribution >= 0.6 is 0 Å². The Kier molecular flexibility index (Phi) is 61.4. The van der Waals surface area contributed by atoms with E-state index < -0.39 is 0 Å². The molecule has 16 saturated carbocycles. The first-order chi connectivity index (χ1) is 68.0. The molecule has 0 unspecified atom stereocenters. The Morgan fingerprint density at radius 1 is 0.158 bits per heavy atom. The molecule has 0 aliphatic heterocycles. The van der Waals surface area contributed by atoms with Gasteiger partial charge in [-0.15, -0.1) is 46.1 Å². The Labute approximate surface area is 894 Å². The number of rotatable bonds is 30. The van der Waals surface area contributed by atoms with Gasteiger partial charge in [0.2, 0.25) is 0 Å². The van der Waals surface area contributed by atoms with Crippen LogP contribution in [0.15, 0.2) is 149 Å². The van der Waals surface area contributed by atoms with Crippen LogP contribution in [0.1, 0.15) is 560 Å². The summed E-state index contributed by atoms with van der Waals surface area (Å²) in [5, 5.41) is 0. The normalized spacial score (nSPS) is 38.6. The zero-order chi connectivity index (χ0) is 98.8. The van der Waals surface area contributed by atoms with Gasteiger partial charge >= 0.3 is 0 Å². The second kappa shape index (κ2) is 71.5. The molecule has 16 aliphatic carbocycles. The second-order valence-corrected chi connectivity index (χ2v) is 52.1. The highest BCUT2D eigenvalue weighted by molar-refractivity contribution is 4.99. The van der Waals surface area contributed by atoms with Gasteiger partial charge in [-0.1, -0.05) is 247 Å². The van der Waals surface area contributed by atoms with Gasteiger partial charge in [-0.25, -0.2) is 0 Å². The van der Waals surface area contributed by atoms with Crippen molar-refractivity contribution in [2.75, 3.05) is 0 Å². The molecule has 16 rings (SSSR count). The van der Waals surface area contributed by atoms with Crippen LogP contribution in [0.5, 0.6) is 0 Å². The van der Waals surface area contributed by atoms with Gasteiger partial charge in [0.1, 0.15) is 0 Å². The second-order valence-electron chi connectivity index (χ2n) is 52.1. The predicted molar refractivity (Wildman–Crippen MR) is 655 cm³/mol. The van der Waals surface area contributed by atoms with E-state index in [1.54, 1.807) is 12.8 Å². The standard InChI is InChI=1S/C20H34.C19H32.C18H32.C18H30.C17H30.C16H28.C16H26.C15H26.16H2/c1-3-5-7-17-9-13-19(14-10-17)20-15-11-18(12-16-20)8-6-4-2;1-3-5-7-17-10-14-19(15-11-17)18-12-8-16(6-4-2)9-13-18;1-3-4-5-6-16-9-13-18(14-10-16)17-11-7-15(2)8-12-17;1-3-5-15-7-11-17(12-8-15)18-13-9-16(6-4-2)10-14-18;1-3-4-5-15-8-12-17(13-9-15)16-10-6-14(2)7-11-16;1-3-4-14-7-11-16(12-8-14)15-9-5-13(2)6-10-15;1-3-13-5-9-15(10-6-13)16-11-7-14(4-2)8-12-16;1-3-13-6-10-15(11-7-13)14-8-4-12(2)5-9-14;;;;;;;;;;;;;;;;/h3-4,17-20H,1-2,5-16H2;3-4,6,16-19H,1,5,7-15H2,2H3;3-4,15-18H,5-14H2,1-2H3;3-6,15-18H,7-14H2,1-2H3;3,14-17H,1,4-13H2,2H3;3-4,13-16H,5-12H2,1-2H3;3-4,13-16H,1-2,5-12H2;3,12-15H,1,4-11H2,2H3;16*1H/b;6-4+;4-3+;5-3+,6-4+;;4-3+;;;;;;;;;;;;;;;;;;. The molecular weight excluding hydrogens is 1670 g/mol. The van der Waals surface area contributed by atoms with Crippen molar-refractivity contribution < 1.29 is 22.8 Å². The lowest BCUT2D eigenvalue weighted by molar-refractivity contribution is 0.142. The molecule has 0 amide bonds. The van der Waals surface area contributed by atoms with Crippen LogP contribution in [-0.2, 0) is 0 Å². The lowest BCUT2D eigenvalue weighted by Gasteiger charge is -2.38. The fourth-order valence-corrected chi connectivity index (χ4v) is 32.6. The molecule has 0 bridgehead atoms. The molecular formula is C139H270. The summed E-state index contributed by atoms with van der Waals surface area (Å²) in [6, 6.07) is 0. The fourth-order valence-electron chi connectivity index (χ4n) is 32.6. The van der Waals surface area contributed by atoms with Crippen LogP contribution in [0.25, 0.3) is 0 Å². The minimum atomic E-state index is 0. The molecule has 16 fully saturated rings. The summed E-state index contributed by atoms with van der Waals surface area (Å²) >= 11 is 0. The topological polar surface area (TPSA) is 0 Å². The fraction of sp³-hybridized carbons (Fsp3) is 0.827. The maximum absolute atomic E-state index is 3.93. The van der Waals surface area contributed by atoms with E-state index in [4.69, 9.17) is 0 Å². The van der Waals surface area contributed by atoms with Crippen molar-refractivity contribution in [2.45, 2.75) is 537 Å². The molecule has 0 spiro atoms. The van der Waals surface area contributed by atoms with Gasteiger partial charge in [-0.2, -0.15) is 0 Å². The van der Waals surface area contributed by atoms with Gasteiger partial charge in [0.15, 0.2) is 0 Å². The Bertz CT molecular complexity index is 3180. The van der Waals surface area contributed by atoms with Crippen LogP contribution in [0.2, 0.25) is 0 Å². The maximum atomic E-state index is 3.93. The van der Waals surface area contributed by atoms with Crippen LogP contribution < -0.4 is 0 Å². The molecule has 0 heterocycles. The van der Waals surface area contributed by atoms with E-state index in [0.717, 1.165) is 189 Å². The molecule has 16 aliphatic rings. The van der Waals surface area contributed by atoms with E-state index >= 15 is 0 Å². The number of allylic oxidation sites excluding steroid dienone is 17. The van der Waals surface area contributed by atoms with E-state index in [1.165, 1.54) is 462 Å². The van der Waals surface area contributed by atoms with Crippen LogP contribution in [0, 0.1) is 189 Å². The Hall–Kier alpha value is -3.12. The van der Waals surface area contributed by atoms with Crippen LogP contribution in [-0.4, -0.2) is 0 Å². The highest BCUT2D eigenvalue weighted by Gasteiger charge is 2.39. The summed E-state index contributed by atoms with van der Waals surface area (Å²) in [5.74, 6) is 32.3. The van der Waals surface area contributed by atoms with E-state index in [9.17, 15) is 0 Å². The summed E-state index contributed by atoms with van der Waals surface area (Å²) in [7, 11) is 0. The van der Waals surface area contributed by atoms with Crippen molar-refractivity contribution in [3.8, 4) is 0 Å². The van der Waals surface area contributed by atoms with Crippen LogP contribution in [0.3, 0.4) is 0 Å². The van der Waals surface area contributed by atoms with E-state index in [-0.39, 0.29) is 22.8 Å². The van der Waals surface area contributed by atoms with Gasteiger partial charge < -0.3 is 0 Å². The van der Waals surface area contributed by atoms with Crippen molar-refractivity contribution >= 4 is 0 Å². The third kappa shape index (κ3) is 45.9. The van der Waals surface area contributed by atoms with Crippen molar-refractivity contribution in [1.29, 1.82) is 0 Å². The molecule has 0 nitrogen and oxygen atoms in total. The largest absolute Gasteiger partial charge is 0.103 e. The summed E-state index contributed by atoms with van der Waals surface area (Å²) in [6.45, 7) is 47.7. The lowest BCUT2D eigenvalue weighted by atomic mass is 9.68. The molecule has 826 valence electrons. The Morgan fingerprint density at radius 3 is 0.417 bits per heavy atom. The monoisotopic (exact) mass is 1940 g/mol. The van der Waals surface area contributed by atoms with Gasteiger partial charge in [-0.3, -0.25) is 0 Å². The molecule has 0 atom stereocenters. The highest BCUT2D eigenvalue weighted by Crippen LogP contribution is 2.51. The summed E-state index contributed by atoms with van der Waals surface area (Å²) < 4.78 is 0. The quantitative estimate of drug-likeness (QED) is 0.0629. The lowest BCUT2D eigenvalue weighted by Crippen LogP contribution is -2.25. The SMILES string of the molecule is C/C=C/C1CCC(C2CCC(/C=C/C)CC2)CC1.C/C=C/C1CCC(C2CCC(C)CC2)CC1.C/C=C/CCC1CCC(C2CCC(C)CC2)CC1.C=CC1CCC(C2CCC(C)CC2)CC1.C=CC1CCC(C2CCC(C=C)CC2)CC1.C=CCCC1CCC(C2CCC(/C=C/C)CC2)CC1.C=CCCC1CCC(C2CCC(C)CC2)CC1.C=CCCC1CCC(C2CCC(CCC=C)CC2)CC1.[HH].[HH].[HH].[HH].[HH].[HH].[HH].[HH].[HH].[HH].[HH].[HH].[HH].[HH].[HH].[HH]. The maximum Gasteiger partial charge on any atom is 0 e. The van der Waals surface area contributed by atoms with Crippen molar-refractivity contribution in [3.63, 3.8) is 0 Å². The highest BCUT2D eigenvalue weighted by atomic mass is 14.4. The van der Waals surface area contributed by atoms with Gasteiger partial charge in [0.05, 0.1) is 0 Å². The molecule has 0 aromatic rings. The first-order valence-corrected chi connectivity index (χ1v) is 63.4. The molecule has 0 aromatic heterocycles. The third-order valence-electron chi connectivity index (χ3n) is 42.7. The Balaban J connectivity index is -0.000000262. The average Bonchev–Trinajstić information content (AvgIpc) is 0.859. The van der Waals surface area contributed by atoms with Gasteiger partial charge in [-0.05, 0) is 584 Å². The molecule has 0 heteroatoms. The molecule has 0 radical (unpaired) electrons. The van der Waals surface area contributed by atoms with Gasteiger partial charge in [0, 0.05) is 22.8 Å². The van der Waals surface area contributed by atoms with Crippen molar-refractivity contribution in [2.24, 2.45) is 189 Å². The van der Waals surface area contributed by atoms with Crippen molar-refractivity contribution in [3.05, 3.63) is 149 Å².